The molecule has 3 rings (SSSR count). The number of rotatable bonds is 7. The maximum Gasteiger partial charge on any atom is 0.417 e. The number of hydrogen-bond acceptors (Lipinski definition) is 2. The molecule has 1 atom stereocenters. The summed E-state index contributed by atoms with van der Waals surface area (Å²) in [5, 5.41) is 2.03. The molecule has 0 bridgehead atoms. The third-order valence-corrected chi connectivity index (χ3v) is 7.97. The monoisotopic (exact) mass is 726 g/mol. The average molecular weight is 728 g/mol. The van der Waals surface area contributed by atoms with E-state index in [1.165, 1.54) is 6.07 Å². The molecule has 0 aliphatic heterocycles. The number of amides is 2. The van der Waals surface area contributed by atoms with Crippen LogP contribution in [0.1, 0.15) is 45.8 Å². The van der Waals surface area contributed by atoms with Crippen LogP contribution in [0, 0.1) is 0 Å². The number of nitrogens with one attached hydrogen (secondary N) is 1. The lowest BCUT2D eigenvalue weighted by Gasteiger charge is -2.25. The molecule has 0 heterocycles. The maximum absolute atomic E-state index is 15.0. The van der Waals surface area contributed by atoms with Gasteiger partial charge in [0.25, 0.3) is 5.91 Å². The number of carbonyl (C=O) groups excluding carboxylic acids is 2. The van der Waals surface area contributed by atoms with Gasteiger partial charge >= 0.3 is 18.5 Å². The van der Waals surface area contributed by atoms with Gasteiger partial charge in [0.15, 0.2) is 0 Å². The number of hydrogen-bond donors (Lipinski definition) is 1. The summed E-state index contributed by atoms with van der Waals surface area (Å²) in [7, 11) is 0.814. The Morgan fingerprint density at radius 1 is 0.976 bits per heavy atom. The van der Waals surface area contributed by atoms with E-state index in [1.807, 2.05) is 5.32 Å². The summed E-state index contributed by atoms with van der Waals surface area (Å²) in [6.45, 7) is -1.66. The van der Waals surface area contributed by atoms with Crippen molar-refractivity contribution in [2.45, 2.75) is 42.8 Å². The first-order valence-electron chi connectivity index (χ1n) is 11.4. The Hall–Kier alpha value is -2.62. The number of likely N-dealkylation sites (N-methyl/N-ethyl adjacent to an activating group) is 1. The first kappa shape index (κ1) is 32.9. The highest BCUT2D eigenvalue weighted by Gasteiger charge is 2.54. The van der Waals surface area contributed by atoms with E-state index in [-0.39, 0.29) is 34.4 Å². The molecule has 224 valence electrons. The average Bonchev–Trinajstić information content (AvgIpc) is 3.61. The van der Waals surface area contributed by atoms with E-state index >= 15 is 4.39 Å². The van der Waals surface area contributed by atoms with Gasteiger partial charge in [0, 0.05) is 21.6 Å². The fourth-order valence-corrected chi connectivity index (χ4v) is 4.60. The van der Waals surface area contributed by atoms with Crippen LogP contribution in [0.15, 0.2) is 51.4 Å². The van der Waals surface area contributed by atoms with E-state index in [9.17, 15) is 49.1 Å². The Morgan fingerprint density at radius 3 is 2.07 bits per heavy atom. The topological polar surface area (TPSA) is 49.4 Å². The molecule has 1 aliphatic rings. The highest BCUT2D eigenvalue weighted by atomic mass is 79.9. The van der Waals surface area contributed by atoms with Crippen LogP contribution in [0.2, 0.25) is 0 Å². The van der Waals surface area contributed by atoms with Crippen LogP contribution < -0.4 is 5.32 Å². The Balaban J connectivity index is 1.95. The summed E-state index contributed by atoms with van der Waals surface area (Å²) >= 11 is 6.12. The lowest BCUT2D eigenvalue weighted by atomic mass is 9.95. The van der Waals surface area contributed by atoms with Crippen molar-refractivity contribution in [3.8, 4) is 0 Å². The SMILES string of the molecule is CN(CC(F)(F)F)C(=O)C1(NC(=O)c2ccc(C(F)=CC(c3ccc(Br)c(Br)c3)C(F)(F)F)cc2C(F)(F)F)CC1. The Morgan fingerprint density at radius 2 is 1.59 bits per heavy atom. The molecule has 41 heavy (non-hydrogen) atoms. The van der Waals surface area contributed by atoms with Crippen molar-refractivity contribution in [2.24, 2.45) is 0 Å². The molecule has 0 aromatic heterocycles. The van der Waals surface area contributed by atoms with Crippen LogP contribution in [0.4, 0.5) is 43.9 Å². The minimum Gasteiger partial charge on any atom is -0.338 e. The molecule has 0 saturated heterocycles. The van der Waals surface area contributed by atoms with Gasteiger partial charge in [-0.05, 0) is 80.6 Å². The first-order chi connectivity index (χ1) is 18.6. The third-order valence-electron chi connectivity index (χ3n) is 6.09. The molecule has 2 amide bonds. The van der Waals surface area contributed by atoms with E-state index in [1.54, 1.807) is 0 Å². The smallest absolute Gasteiger partial charge is 0.338 e. The molecular weight excluding hydrogens is 710 g/mol. The van der Waals surface area contributed by atoms with Crippen molar-refractivity contribution in [2.75, 3.05) is 13.6 Å². The molecule has 0 spiro atoms. The first-order valence-corrected chi connectivity index (χ1v) is 13.0. The minimum absolute atomic E-state index is 0.0965. The second-order valence-corrected chi connectivity index (χ2v) is 11.0. The third kappa shape index (κ3) is 8.02. The van der Waals surface area contributed by atoms with Crippen LogP contribution in [-0.2, 0) is 11.0 Å². The quantitative estimate of drug-likeness (QED) is 0.293. The van der Waals surface area contributed by atoms with E-state index in [0.29, 0.717) is 16.6 Å². The van der Waals surface area contributed by atoms with Crippen LogP contribution in [0.5, 0.6) is 0 Å². The molecule has 4 nitrogen and oxygen atoms in total. The molecule has 16 heteroatoms. The molecule has 2 aromatic rings. The molecule has 1 aliphatic carbocycles. The lowest BCUT2D eigenvalue weighted by Crippen LogP contribution is -2.51. The number of alkyl halides is 9. The van der Waals surface area contributed by atoms with Crippen molar-refractivity contribution in [3.05, 3.63) is 73.7 Å². The van der Waals surface area contributed by atoms with Crippen LogP contribution in [0.25, 0.3) is 5.83 Å². The zero-order valence-corrected chi connectivity index (χ0v) is 23.7. The highest BCUT2D eigenvalue weighted by Crippen LogP contribution is 2.42. The number of halogens is 12. The summed E-state index contributed by atoms with van der Waals surface area (Å²) in [6, 6.07) is 4.67. The lowest BCUT2D eigenvalue weighted by molar-refractivity contribution is -0.160. The van der Waals surface area contributed by atoms with Gasteiger partial charge in [-0.25, -0.2) is 4.39 Å². The second-order valence-electron chi connectivity index (χ2n) is 9.28. The Labute approximate surface area is 243 Å². The molecule has 1 fully saturated rings. The van der Waals surface area contributed by atoms with Crippen molar-refractivity contribution in [1.82, 2.24) is 10.2 Å². The fraction of sp³-hybridized carbons (Fsp3) is 0.360. The van der Waals surface area contributed by atoms with Gasteiger partial charge in [-0.1, -0.05) is 12.1 Å². The van der Waals surface area contributed by atoms with Crippen LogP contribution in [-0.4, -0.2) is 48.2 Å². The predicted octanol–water partition coefficient (Wildman–Crippen LogP) is 8.17. The van der Waals surface area contributed by atoms with E-state index in [0.717, 1.165) is 19.2 Å². The number of nitrogens with zero attached hydrogens (tertiary/aromatic N) is 1. The van der Waals surface area contributed by atoms with Gasteiger partial charge in [0.2, 0.25) is 5.91 Å². The summed E-state index contributed by atoms with van der Waals surface area (Å²) in [6.07, 6.45) is -15.3. The van der Waals surface area contributed by atoms with E-state index in [4.69, 9.17) is 0 Å². The zero-order chi connectivity index (χ0) is 31.1. The van der Waals surface area contributed by atoms with Crippen LogP contribution in [0.3, 0.4) is 0 Å². The van der Waals surface area contributed by atoms with Gasteiger partial charge in [-0.2, -0.15) is 39.5 Å². The largest absolute Gasteiger partial charge is 0.417 e. The molecule has 1 N–H and O–H groups in total. The van der Waals surface area contributed by atoms with Crippen molar-refractivity contribution < 1.29 is 53.5 Å². The normalized spacial score (nSPS) is 16.3. The van der Waals surface area contributed by atoms with Crippen molar-refractivity contribution in [3.63, 3.8) is 0 Å². The zero-order valence-electron chi connectivity index (χ0n) is 20.5. The summed E-state index contributed by atoms with van der Waals surface area (Å²) in [5.74, 6) is -6.85. The van der Waals surface area contributed by atoms with Crippen molar-refractivity contribution in [1.29, 1.82) is 0 Å². The molecule has 0 radical (unpaired) electrons. The van der Waals surface area contributed by atoms with Gasteiger partial charge in [0.05, 0.1) is 11.1 Å². The summed E-state index contributed by atoms with van der Waals surface area (Å²) < 4.78 is 136. The molecular formula is C25H18Br2F10N2O2. The minimum atomic E-state index is -5.29. The molecule has 1 unspecified atom stereocenters. The maximum atomic E-state index is 15.0. The fourth-order valence-electron chi connectivity index (χ4n) is 3.96. The van der Waals surface area contributed by atoms with Gasteiger partial charge < -0.3 is 10.2 Å². The van der Waals surface area contributed by atoms with Gasteiger partial charge in [0.1, 0.15) is 23.8 Å². The molecule has 2 aromatic carbocycles. The highest BCUT2D eigenvalue weighted by molar-refractivity contribution is 9.13. The number of benzene rings is 2. The predicted molar refractivity (Wildman–Crippen MR) is 134 cm³/mol. The van der Waals surface area contributed by atoms with E-state index < -0.39 is 76.4 Å². The van der Waals surface area contributed by atoms with E-state index in [2.05, 4.69) is 31.9 Å². The molecule has 1 saturated carbocycles. The number of carbonyl (C=O) groups is 2. The number of allylic oxidation sites excluding steroid dienone is 1. The summed E-state index contributed by atoms with van der Waals surface area (Å²) in [5.41, 5.74) is -6.01. The standard InChI is InChI=1S/C25H18Br2F10N2O2/c1-39(11-23(29,30)31)21(41)22(6-7-22)38-20(40)14-4-2-13(8-16(14)25(35,36)37)19(28)10-15(24(32,33)34)12-3-5-17(26)18(27)9-12/h2-5,8-10,15H,6-7,11H2,1H3,(H,38,40). The van der Waals surface area contributed by atoms with Crippen LogP contribution >= 0.6 is 31.9 Å². The Kier molecular flexibility index (Phi) is 9.28. The van der Waals surface area contributed by atoms with Crippen molar-refractivity contribution >= 4 is 49.5 Å². The summed E-state index contributed by atoms with van der Waals surface area (Å²) in [4.78, 5) is 25.5. The van der Waals surface area contributed by atoms with Gasteiger partial charge in [-0.15, -0.1) is 0 Å². The Bertz CT molecular complexity index is 1370. The van der Waals surface area contributed by atoms with Gasteiger partial charge in [-0.3, -0.25) is 9.59 Å². The second kappa shape index (κ2) is 11.6.